The van der Waals surface area contributed by atoms with Crippen molar-refractivity contribution in [2.75, 3.05) is 5.32 Å². The number of anilines is 1. The number of aromatic nitrogens is 3. The smallest absolute Gasteiger partial charge is 0.283 e. The fourth-order valence-corrected chi connectivity index (χ4v) is 3.10. The van der Waals surface area contributed by atoms with Crippen LogP contribution < -0.4 is 10.9 Å². The zero-order valence-electron chi connectivity index (χ0n) is 12.4. The predicted molar refractivity (Wildman–Crippen MR) is 90.0 cm³/mol. The molecule has 0 aliphatic carbocycles. The maximum absolute atomic E-state index is 12.2. The van der Waals surface area contributed by atoms with Crippen molar-refractivity contribution in [2.24, 2.45) is 0 Å². The van der Waals surface area contributed by atoms with Gasteiger partial charge >= 0.3 is 0 Å². The third kappa shape index (κ3) is 3.91. The average molecular weight is 371 g/mol. The fraction of sp³-hybridized carbons (Fsp3) is 0.500. The number of thiazole rings is 1. The first kappa shape index (κ1) is 16.2. The Bertz CT molecular complexity index is 667. The van der Waals surface area contributed by atoms with Crippen LogP contribution in [0.3, 0.4) is 0 Å². The first-order valence-corrected chi connectivity index (χ1v) is 8.58. The molecule has 5 nitrogen and oxygen atoms in total. The van der Waals surface area contributed by atoms with E-state index in [9.17, 15) is 4.79 Å². The molecule has 21 heavy (non-hydrogen) atoms. The quantitative estimate of drug-likeness (QED) is 0.840. The normalized spacial score (nSPS) is 12.4. The lowest BCUT2D eigenvalue weighted by Crippen LogP contribution is -2.25. The van der Waals surface area contributed by atoms with Gasteiger partial charge in [0, 0.05) is 17.6 Å². The molecule has 0 aliphatic heterocycles. The molecule has 2 aromatic rings. The Kier molecular flexibility index (Phi) is 5.52. The van der Waals surface area contributed by atoms with E-state index in [1.807, 2.05) is 20.0 Å². The number of hydrogen-bond acceptors (Lipinski definition) is 5. The van der Waals surface area contributed by atoms with E-state index in [0.29, 0.717) is 16.7 Å². The van der Waals surface area contributed by atoms with Crippen LogP contribution in [-0.4, -0.2) is 14.8 Å². The van der Waals surface area contributed by atoms with Gasteiger partial charge in [-0.1, -0.05) is 13.3 Å². The molecule has 2 aromatic heterocycles. The zero-order valence-corrected chi connectivity index (χ0v) is 14.8. The summed E-state index contributed by atoms with van der Waals surface area (Å²) in [4.78, 5) is 17.7. The van der Waals surface area contributed by atoms with Crippen LogP contribution in [0.1, 0.15) is 42.6 Å². The highest BCUT2D eigenvalue weighted by atomic mass is 79.9. The first-order valence-electron chi connectivity index (χ1n) is 6.97. The summed E-state index contributed by atoms with van der Waals surface area (Å²) in [7, 11) is 0. The van der Waals surface area contributed by atoms with Crippen molar-refractivity contribution in [2.45, 2.75) is 46.2 Å². The molecule has 1 atom stereocenters. The number of unbranched alkanes of at least 4 members (excludes halogenated alkanes) is 1. The minimum Gasteiger partial charge on any atom is -0.374 e. The van der Waals surface area contributed by atoms with Crippen molar-refractivity contribution in [3.8, 4) is 0 Å². The molecule has 0 spiro atoms. The standard InChI is InChI=1S/C14H19BrN4OS/c1-4-5-6-19-14(20)12(15)11(8-17-19)18-10(3)13-16-7-9(2)21-13/h7-8,10,18H,4-6H2,1-3H3. The average Bonchev–Trinajstić information content (AvgIpc) is 2.90. The Balaban J connectivity index is 2.17. The molecule has 0 bridgehead atoms. The van der Waals surface area contributed by atoms with E-state index in [4.69, 9.17) is 0 Å². The van der Waals surface area contributed by atoms with Gasteiger partial charge in [0.2, 0.25) is 0 Å². The number of aryl methyl sites for hydroxylation is 2. The molecule has 7 heteroatoms. The highest BCUT2D eigenvalue weighted by Crippen LogP contribution is 2.25. The minimum atomic E-state index is -0.101. The SMILES string of the molecule is CCCCn1ncc(NC(C)c2ncc(C)s2)c(Br)c1=O. The highest BCUT2D eigenvalue weighted by Gasteiger charge is 2.14. The second kappa shape index (κ2) is 7.17. The van der Waals surface area contributed by atoms with Crippen molar-refractivity contribution in [1.82, 2.24) is 14.8 Å². The summed E-state index contributed by atoms with van der Waals surface area (Å²) in [5.41, 5.74) is 0.601. The van der Waals surface area contributed by atoms with Gasteiger partial charge in [-0.15, -0.1) is 11.3 Å². The zero-order chi connectivity index (χ0) is 15.4. The van der Waals surface area contributed by atoms with Gasteiger partial charge in [0.05, 0.1) is 17.9 Å². The van der Waals surface area contributed by atoms with Gasteiger partial charge < -0.3 is 5.32 Å². The number of rotatable bonds is 6. The maximum atomic E-state index is 12.2. The summed E-state index contributed by atoms with van der Waals surface area (Å²) in [5, 5.41) is 8.51. The van der Waals surface area contributed by atoms with Crippen LogP contribution in [0.4, 0.5) is 5.69 Å². The van der Waals surface area contributed by atoms with Gasteiger partial charge in [-0.2, -0.15) is 5.10 Å². The molecule has 2 heterocycles. The molecule has 0 radical (unpaired) electrons. The minimum absolute atomic E-state index is 0.0349. The molecule has 0 saturated carbocycles. The lowest BCUT2D eigenvalue weighted by atomic mass is 10.3. The highest BCUT2D eigenvalue weighted by molar-refractivity contribution is 9.10. The topological polar surface area (TPSA) is 59.8 Å². The van der Waals surface area contributed by atoms with Gasteiger partial charge in [0.15, 0.2) is 0 Å². The molecular weight excluding hydrogens is 352 g/mol. The Morgan fingerprint density at radius 3 is 2.86 bits per heavy atom. The van der Waals surface area contributed by atoms with Crippen LogP contribution >= 0.6 is 27.3 Å². The summed E-state index contributed by atoms with van der Waals surface area (Å²) in [5.74, 6) is 0. The molecule has 0 aromatic carbocycles. The molecule has 0 aliphatic rings. The second-order valence-corrected chi connectivity index (χ2v) is 6.99. The Morgan fingerprint density at radius 1 is 1.48 bits per heavy atom. The summed E-state index contributed by atoms with van der Waals surface area (Å²) >= 11 is 5.02. The van der Waals surface area contributed by atoms with Gasteiger partial charge in [-0.3, -0.25) is 4.79 Å². The maximum Gasteiger partial charge on any atom is 0.283 e. The molecular formula is C14H19BrN4OS. The number of nitrogens with one attached hydrogen (secondary N) is 1. The van der Waals surface area contributed by atoms with Crippen LogP contribution in [0, 0.1) is 6.92 Å². The summed E-state index contributed by atoms with van der Waals surface area (Å²) in [6.07, 6.45) is 5.53. The van der Waals surface area contributed by atoms with Crippen LogP contribution in [-0.2, 0) is 6.54 Å². The predicted octanol–water partition coefficient (Wildman–Crippen LogP) is 3.74. The van der Waals surface area contributed by atoms with Crippen LogP contribution in [0.25, 0.3) is 0 Å². The molecule has 0 fully saturated rings. The molecule has 2 rings (SSSR count). The molecule has 0 saturated heterocycles. The van der Waals surface area contributed by atoms with Crippen molar-refractivity contribution < 1.29 is 0 Å². The monoisotopic (exact) mass is 370 g/mol. The lowest BCUT2D eigenvalue weighted by Gasteiger charge is -2.14. The van der Waals surface area contributed by atoms with Crippen molar-refractivity contribution in [3.05, 3.63) is 37.1 Å². The molecule has 0 amide bonds. The number of hydrogen-bond donors (Lipinski definition) is 1. The summed E-state index contributed by atoms with van der Waals surface area (Å²) < 4.78 is 2.02. The van der Waals surface area contributed by atoms with Gasteiger partial charge in [-0.05, 0) is 36.2 Å². The third-order valence-electron chi connectivity index (χ3n) is 3.09. The Hall–Kier alpha value is -1.21. The first-order chi connectivity index (χ1) is 10.0. The van der Waals surface area contributed by atoms with Crippen molar-refractivity contribution in [1.29, 1.82) is 0 Å². The molecule has 1 N–H and O–H groups in total. The Labute approximate surface area is 136 Å². The van der Waals surface area contributed by atoms with E-state index in [1.54, 1.807) is 17.5 Å². The number of halogens is 1. The van der Waals surface area contributed by atoms with E-state index in [2.05, 4.69) is 38.3 Å². The van der Waals surface area contributed by atoms with Gasteiger partial charge in [0.25, 0.3) is 5.56 Å². The Morgan fingerprint density at radius 2 is 2.24 bits per heavy atom. The second-order valence-electron chi connectivity index (χ2n) is 4.93. The summed E-state index contributed by atoms with van der Waals surface area (Å²) in [6, 6.07) is 0.0349. The van der Waals surface area contributed by atoms with Gasteiger partial charge in [0.1, 0.15) is 9.48 Å². The lowest BCUT2D eigenvalue weighted by molar-refractivity contribution is 0.541. The van der Waals surface area contributed by atoms with E-state index in [-0.39, 0.29) is 11.6 Å². The fourth-order valence-electron chi connectivity index (χ4n) is 1.90. The molecule has 1 unspecified atom stereocenters. The van der Waals surface area contributed by atoms with Crippen LogP contribution in [0.2, 0.25) is 0 Å². The van der Waals surface area contributed by atoms with E-state index >= 15 is 0 Å². The van der Waals surface area contributed by atoms with E-state index in [0.717, 1.165) is 17.8 Å². The summed E-state index contributed by atoms with van der Waals surface area (Å²) in [6.45, 7) is 6.79. The van der Waals surface area contributed by atoms with E-state index < -0.39 is 0 Å². The molecule has 114 valence electrons. The van der Waals surface area contributed by atoms with Crippen LogP contribution in [0.15, 0.2) is 21.7 Å². The van der Waals surface area contributed by atoms with Crippen molar-refractivity contribution in [3.63, 3.8) is 0 Å². The largest absolute Gasteiger partial charge is 0.374 e. The van der Waals surface area contributed by atoms with E-state index in [1.165, 1.54) is 9.56 Å². The van der Waals surface area contributed by atoms with Crippen molar-refractivity contribution >= 4 is 33.0 Å². The van der Waals surface area contributed by atoms with Crippen LogP contribution in [0.5, 0.6) is 0 Å². The van der Waals surface area contributed by atoms with Gasteiger partial charge in [-0.25, -0.2) is 9.67 Å². The third-order valence-corrected chi connectivity index (χ3v) is 4.95. The number of nitrogens with zero attached hydrogens (tertiary/aromatic N) is 3.